The van der Waals surface area contributed by atoms with Gasteiger partial charge in [-0.05, 0) is 19.4 Å². The van der Waals surface area contributed by atoms with E-state index in [0.717, 1.165) is 13.1 Å². The van der Waals surface area contributed by atoms with E-state index in [4.69, 9.17) is 0 Å². The molecule has 2 rings (SSSR count). The molecule has 2 fully saturated rings. The highest BCUT2D eigenvalue weighted by atomic mass is 19.3. The first-order valence-electron chi connectivity index (χ1n) is 5.03. The van der Waals surface area contributed by atoms with Crippen molar-refractivity contribution in [1.82, 2.24) is 10.2 Å². The van der Waals surface area contributed by atoms with Crippen LogP contribution in [0.2, 0.25) is 0 Å². The second-order valence-corrected chi connectivity index (χ2v) is 3.99. The lowest BCUT2D eigenvalue weighted by Crippen LogP contribution is -2.59. The molecule has 2 saturated heterocycles. The molecule has 2 nitrogen and oxygen atoms in total. The lowest BCUT2D eigenvalue weighted by Gasteiger charge is -2.42. The molecule has 0 bridgehead atoms. The van der Waals surface area contributed by atoms with Gasteiger partial charge in [-0.3, -0.25) is 4.90 Å². The topological polar surface area (TPSA) is 15.3 Å². The summed E-state index contributed by atoms with van der Waals surface area (Å²) >= 11 is 0. The van der Waals surface area contributed by atoms with E-state index in [1.165, 1.54) is 19.3 Å². The summed E-state index contributed by atoms with van der Waals surface area (Å²) in [5, 5.41) is 2.93. The van der Waals surface area contributed by atoms with Crippen LogP contribution in [-0.4, -0.2) is 43.0 Å². The molecule has 0 aliphatic carbocycles. The Hall–Kier alpha value is -0.220. The quantitative estimate of drug-likeness (QED) is 0.665. The van der Waals surface area contributed by atoms with Gasteiger partial charge in [-0.2, -0.15) is 0 Å². The zero-order valence-electron chi connectivity index (χ0n) is 7.68. The highest BCUT2D eigenvalue weighted by Gasteiger charge is 2.33. The molecule has 76 valence electrons. The van der Waals surface area contributed by atoms with Gasteiger partial charge in [0.2, 0.25) is 0 Å². The van der Waals surface area contributed by atoms with Crippen LogP contribution < -0.4 is 5.32 Å². The smallest absolute Gasteiger partial charge is 0.254 e. The van der Waals surface area contributed by atoms with Crippen LogP contribution in [0.3, 0.4) is 0 Å². The summed E-state index contributed by atoms with van der Waals surface area (Å²) in [6.07, 6.45) is 1.38. The maximum Gasteiger partial charge on any atom is 0.254 e. The largest absolute Gasteiger partial charge is 0.306 e. The first-order chi connectivity index (χ1) is 6.27. The third-order valence-corrected chi connectivity index (χ3v) is 3.10. The fourth-order valence-corrected chi connectivity index (χ4v) is 2.30. The van der Waals surface area contributed by atoms with Crippen molar-refractivity contribution in [2.45, 2.75) is 37.8 Å². The molecule has 2 atom stereocenters. The lowest BCUT2D eigenvalue weighted by molar-refractivity contribution is 0.0221. The third-order valence-electron chi connectivity index (χ3n) is 3.10. The fourth-order valence-electron chi connectivity index (χ4n) is 2.30. The van der Waals surface area contributed by atoms with E-state index in [-0.39, 0.29) is 0 Å². The summed E-state index contributed by atoms with van der Waals surface area (Å²) in [7, 11) is 0. The number of rotatable bonds is 1. The second-order valence-electron chi connectivity index (χ2n) is 3.99. The second kappa shape index (κ2) is 3.88. The van der Waals surface area contributed by atoms with Crippen molar-refractivity contribution in [3.63, 3.8) is 0 Å². The normalized spacial score (nSPS) is 36.2. The SMILES string of the molecule is FC(F)C1CN2CCCCC2CN1. The van der Waals surface area contributed by atoms with E-state index in [1.54, 1.807) is 0 Å². The molecule has 0 aromatic rings. The zero-order valence-corrected chi connectivity index (χ0v) is 7.68. The Bertz CT molecular complexity index is 175. The Morgan fingerprint density at radius 1 is 1.31 bits per heavy atom. The fraction of sp³-hybridized carbons (Fsp3) is 1.00. The summed E-state index contributed by atoms with van der Waals surface area (Å²) < 4.78 is 24.8. The molecule has 2 heterocycles. The lowest BCUT2D eigenvalue weighted by atomic mass is 9.98. The Kier molecular flexibility index (Phi) is 2.79. The van der Waals surface area contributed by atoms with Crippen LogP contribution >= 0.6 is 0 Å². The van der Waals surface area contributed by atoms with E-state index in [2.05, 4.69) is 10.2 Å². The molecule has 0 aromatic heterocycles. The first-order valence-corrected chi connectivity index (χ1v) is 5.03. The van der Waals surface area contributed by atoms with Crippen molar-refractivity contribution in [3.8, 4) is 0 Å². The van der Waals surface area contributed by atoms with Crippen molar-refractivity contribution < 1.29 is 8.78 Å². The average Bonchev–Trinajstić information content (AvgIpc) is 2.17. The maximum atomic E-state index is 12.4. The van der Waals surface area contributed by atoms with Gasteiger partial charge in [-0.1, -0.05) is 6.42 Å². The van der Waals surface area contributed by atoms with E-state index < -0.39 is 12.5 Å². The molecule has 0 aromatic carbocycles. The number of fused-ring (bicyclic) bond motifs is 1. The predicted molar refractivity (Wildman–Crippen MR) is 47.0 cm³/mol. The monoisotopic (exact) mass is 190 g/mol. The molecule has 0 spiro atoms. The number of halogens is 2. The van der Waals surface area contributed by atoms with Gasteiger partial charge < -0.3 is 5.32 Å². The Morgan fingerprint density at radius 3 is 2.92 bits per heavy atom. The average molecular weight is 190 g/mol. The molecular formula is C9H16F2N2. The van der Waals surface area contributed by atoms with Gasteiger partial charge >= 0.3 is 0 Å². The van der Waals surface area contributed by atoms with Crippen LogP contribution in [0.4, 0.5) is 8.78 Å². The van der Waals surface area contributed by atoms with Gasteiger partial charge in [0.15, 0.2) is 0 Å². The van der Waals surface area contributed by atoms with Gasteiger partial charge in [0.05, 0.1) is 6.04 Å². The maximum absolute atomic E-state index is 12.4. The Balaban J connectivity index is 1.91. The molecule has 1 N–H and O–H groups in total. The standard InChI is InChI=1S/C9H16F2N2/c10-9(11)8-6-13-4-2-1-3-7(13)5-12-8/h7-9,12H,1-6H2. The van der Waals surface area contributed by atoms with Gasteiger partial charge in [0, 0.05) is 19.1 Å². The number of hydrogen-bond acceptors (Lipinski definition) is 2. The molecular weight excluding hydrogens is 174 g/mol. The third kappa shape index (κ3) is 1.99. The summed E-state index contributed by atoms with van der Waals surface area (Å²) in [5.41, 5.74) is 0. The minimum Gasteiger partial charge on any atom is -0.306 e. The molecule has 0 saturated carbocycles. The summed E-state index contributed by atoms with van der Waals surface area (Å²) in [4.78, 5) is 2.22. The molecule has 0 amide bonds. The number of hydrogen-bond donors (Lipinski definition) is 1. The van der Waals surface area contributed by atoms with Gasteiger partial charge in [-0.25, -0.2) is 8.78 Å². The Morgan fingerprint density at radius 2 is 2.15 bits per heavy atom. The number of nitrogens with zero attached hydrogens (tertiary/aromatic N) is 1. The summed E-state index contributed by atoms with van der Waals surface area (Å²) in [6.45, 7) is 2.28. The van der Waals surface area contributed by atoms with Gasteiger partial charge in [0.1, 0.15) is 0 Å². The van der Waals surface area contributed by atoms with Gasteiger partial charge in [0.25, 0.3) is 6.43 Å². The molecule has 2 aliphatic heterocycles. The van der Waals surface area contributed by atoms with Crippen molar-refractivity contribution in [2.24, 2.45) is 0 Å². The summed E-state index contributed by atoms with van der Waals surface area (Å²) in [6, 6.07) is -0.0851. The predicted octanol–water partition coefficient (Wildman–Crippen LogP) is 1.08. The molecule has 2 unspecified atom stereocenters. The highest BCUT2D eigenvalue weighted by molar-refractivity contribution is 4.89. The molecule has 13 heavy (non-hydrogen) atoms. The highest BCUT2D eigenvalue weighted by Crippen LogP contribution is 2.21. The van der Waals surface area contributed by atoms with E-state index in [9.17, 15) is 8.78 Å². The molecule has 0 radical (unpaired) electrons. The van der Waals surface area contributed by atoms with Crippen LogP contribution in [-0.2, 0) is 0 Å². The van der Waals surface area contributed by atoms with Crippen molar-refractivity contribution >= 4 is 0 Å². The Labute approximate surface area is 77.3 Å². The van der Waals surface area contributed by atoms with E-state index in [1.807, 2.05) is 0 Å². The number of alkyl halides is 2. The van der Waals surface area contributed by atoms with E-state index in [0.29, 0.717) is 12.6 Å². The van der Waals surface area contributed by atoms with Crippen LogP contribution in [0.1, 0.15) is 19.3 Å². The number of nitrogens with one attached hydrogen (secondary N) is 1. The zero-order chi connectivity index (χ0) is 9.26. The van der Waals surface area contributed by atoms with Crippen LogP contribution in [0.5, 0.6) is 0 Å². The minimum absolute atomic E-state index is 0.517. The van der Waals surface area contributed by atoms with Gasteiger partial charge in [-0.15, -0.1) is 0 Å². The van der Waals surface area contributed by atoms with Crippen LogP contribution in [0, 0.1) is 0 Å². The molecule has 4 heteroatoms. The number of piperazine rings is 1. The van der Waals surface area contributed by atoms with Crippen LogP contribution in [0.15, 0.2) is 0 Å². The summed E-state index contributed by atoms with van der Waals surface area (Å²) in [5.74, 6) is 0. The number of piperidine rings is 1. The van der Waals surface area contributed by atoms with Crippen molar-refractivity contribution in [2.75, 3.05) is 19.6 Å². The minimum atomic E-state index is -2.22. The first kappa shape index (κ1) is 9.34. The van der Waals surface area contributed by atoms with E-state index >= 15 is 0 Å². The molecule has 2 aliphatic rings. The van der Waals surface area contributed by atoms with Crippen molar-refractivity contribution in [1.29, 1.82) is 0 Å². The van der Waals surface area contributed by atoms with Crippen molar-refractivity contribution in [3.05, 3.63) is 0 Å². The van der Waals surface area contributed by atoms with Crippen LogP contribution in [0.25, 0.3) is 0 Å².